The first kappa shape index (κ1) is 25.5. The highest BCUT2D eigenvalue weighted by Gasteiger charge is 2.22. The molecule has 4 aromatic rings. The van der Waals surface area contributed by atoms with Crippen LogP contribution in [0.25, 0.3) is 22.4 Å². The van der Waals surface area contributed by atoms with E-state index in [4.69, 9.17) is 15.8 Å². The predicted octanol–water partition coefficient (Wildman–Crippen LogP) is 5.09. The van der Waals surface area contributed by atoms with Crippen LogP contribution in [0.3, 0.4) is 0 Å². The molecule has 2 aromatic carbocycles. The molecule has 0 saturated heterocycles. The molecule has 0 aliphatic carbocycles. The second-order valence-electron chi connectivity index (χ2n) is 8.30. The number of amides is 1. The van der Waals surface area contributed by atoms with E-state index in [1.165, 1.54) is 44.2 Å². The summed E-state index contributed by atoms with van der Waals surface area (Å²) in [6.45, 7) is 4.68. The van der Waals surface area contributed by atoms with Crippen molar-refractivity contribution >= 4 is 38.7 Å². The van der Waals surface area contributed by atoms with Gasteiger partial charge in [0.15, 0.2) is 0 Å². The zero-order valence-electron chi connectivity index (χ0n) is 19.6. The lowest BCUT2D eigenvalue weighted by atomic mass is 10.1. The van der Waals surface area contributed by atoms with Crippen molar-refractivity contribution in [3.05, 3.63) is 82.9 Å². The lowest BCUT2D eigenvalue weighted by molar-refractivity contribution is 0.0939. The first-order valence-corrected chi connectivity index (χ1v) is 12.8. The third kappa shape index (κ3) is 5.60. The van der Waals surface area contributed by atoms with Gasteiger partial charge in [0.25, 0.3) is 5.91 Å². The summed E-state index contributed by atoms with van der Waals surface area (Å²) in [6, 6.07) is 13.3. The molecule has 2 aromatic heterocycles. The number of halogens is 2. The Morgan fingerprint density at radius 1 is 1.03 bits per heavy atom. The quantitative estimate of drug-likeness (QED) is 0.332. The molecule has 11 heteroatoms. The van der Waals surface area contributed by atoms with Crippen molar-refractivity contribution in [1.82, 2.24) is 20.3 Å². The lowest BCUT2D eigenvalue weighted by Gasteiger charge is -2.18. The maximum absolute atomic E-state index is 13.5. The predicted molar refractivity (Wildman–Crippen MR) is 135 cm³/mol. The highest BCUT2D eigenvalue weighted by molar-refractivity contribution is 7.87. The maximum Gasteiger partial charge on any atom is 0.311 e. The van der Waals surface area contributed by atoms with Gasteiger partial charge in [-0.25, -0.2) is 14.4 Å². The zero-order valence-corrected chi connectivity index (χ0v) is 21.1. The first-order chi connectivity index (χ1) is 17.0. The van der Waals surface area contributed by atoms with Crippen molar-refractivity contribution < 1.29 is 21.8 Å². The van der Waals surface area contributed by atoms with Crippen molar-refractivity contribution in [2.24, 2.45) is 0 Å². The van der Waals surface area contributed by atoms with Crippen molar-refractivity contribution in [3.8, 4) is 17.1 Å². The molecule has 0 aliphatic heterocycles. The highest BCUT2D eigenvalue weighted by Crippen LogP contribution is 2.28. The number of rotatable bonds is 7. The Hall–Kier alpha value is -3.63. The van der Waals surface area contributed by atoms with Crippen LogP contribution >= 0.6 is 11.6 Å². The SMILES string of the molecule is CC(C)S(=O)(=O)Oc1cc(Cl)cc(C(=O)N[C@@H](C)c2nc3ccccc3nc2-c2ccc(F)cn2)c1. The fourth-order valence-electron chi connectivity index (χ4n) is 3.34. The molecule has 0 radical (unpaired) electrons. The number of hydrogen-bond donors (Lipinski definition) is 1. The van der Waals surface area contributed by atoms with Crippen molar-refractivity contribution in [2.75, 3.05) is 0 Å². The van der Waals surface area contributed by atoms with Gasteiger partial charge >= 0.3 is 10.1 Å². The van der Waals surface area contributed by atoms with Gasteiger partial charge in [0.2, 0.25) is 0 Å². The van der Waals surface area contributed by atoms with Gasteiger partial charge in [-0.3, -0.25) is 9.78 Å². The molecule has 0 unspecified atom stereocenters. The van der Waals surface area contributed by atoms with Crippen molar-refractivity contribution in [1.29, 1.82) is 0 Å². The van der Waals surface area contributed by atoms with Gasteiger partial charge in [-0.2, -0.15) is 8.42 Å². The van der Waals surface area contributed by atoms with Gasteiger partial charge in [0.05, 0.1) is 39.9 Å². The van der Waals surface area contributed by atoms with Crippen LogP contribution in [0.5, 0.6) is 5.75 Å². The number of benzene rings is 2. The summed E-state index contributed by atoms with van der Waals surface area (Å²) in [5.74, 6) is -1.10. The minimum atomic E-state index is -3.88. The second kappa shape index (κ2) is 10.2. The molecule has 0 aliphatic rings. The maximum atomic E-state index is 13.5. The number of carbonyl (C=O) groups is 1. The first-order valence-electron chi connectivity index (χ1n) is 11.0. The highest BCUT2D eigenvalue weighted by atomic mass is 35.5. The Kier molecular flexibility index (Phi) is 7.18. The van der Waals surface area contributed by atoms with Crippen LogP contribution in [0.2, 0.25) is 5.02 Å². The Balaban J connectivity index is 1.68. The van der Waals surface area contributed by atoms with Gasteiger partial charge in [-0.15, -0.1) is 0 Å². The van der Waals surface area contributed by atoms with E-state index in [0.29, 0.717) is 28.1 Å². The van der Waals surface area contributed by atoms with Crippen LogP contribution in [0.4, 0.5) is 4.39 Å². The van der Waals surface area contributed by atoms with Crippen LogP contribution in [-0.4, -0.2) is 34.5 Å². The average molecular weight is 529 g/mol. The summed E-state index contributed by atoms with van der Waals surface area (Å²) in [7, 11) is -3.88. The van der Waals surface area contributed by atoms with Gasteiger partial charge < -0.3 is 9.50 Å². The summed E-state index contributed by atoms with van der Waals surface area (Å²) in [4.78, 5) is 26.6. The number of carbonyl (C=O) groups excluding carboxylic acids is 1. The third-order valence-corrected chi connectivity index (χ3v) is 7.05. The fraction of sp³-hybridized carbons (Fsp3) is 0.200. The second-order valence-corrected chi connectivity index (χ2v) is 10.8. The monoisotopic (exact) mass is 528 g/mol. The molecule has 1 N–H and O–H groups in total. The molecular formula is C25H22ClFN4O4S. The summed E-state index contributed by atoms with van der Waals surface area (Å²) in [5, 5.41) is 2.18. The van der Waals surface area contributed by atoms with Crippen molar-refractivity contribution in [2.45, 2.75) is 32.1 Å². The molecule has 186 valence electrons. The average Bonchev–Trinajstić information content (AvgIpc) is 2.83. The number of para-hydroxylation sites is 2. The molecule has 1 amide bonds. The van der Waals surface area contributed by atoms with E-state index in [1.807, 2.05) is 12.1 Å². The van der Waals surface area contributed by atoms with Crippen LogP contribution in [0, 0.1) is 5.82 Å². The largest absolute Gasteiger partial charge is 0.382 e. The normalized spacial score (nSPS) is 12.5. The van der Waals surface area contributed by atoms with E-state index in [-0.39, 0.29) is 16.3 Å². The van der Waals surface area contributed by atoms with E-state index in [1.54, 1.807) is 19.1 Å². The van der Waals surface area contributed by atoms with Crippen LogP contribution in [0.1, 0.15) is 42.9 Å². The summed E-state index contributed by atoms with van der Waals surface area (Å²) < 4.78 is 42.9. The Labute approximate surface area is 212 Å². The fourth-order valence-corrected chi connectivity index (χ4v) is 4.12. The van der Waals surface area contributed by atoms with Gasteiger partial charge in [0, 0.05) is 16.7 Å². The topological polar surface area (TPSA) is 111 Å². The molecule has 0 saturated carbocycles. The minimum absolute atomic E-state index is 0.0734. The summed E-state index contributed by atoms with van der Waals surface area (Å²) in [5.41, 5.74) is 2.52. The van der Waals surface area contributed by atoms with E-state index in [0.717, 1.165) is 6.20 Å². The van der Waals surface area contributed by atoms with Gasteiger partial charge in [0.1, 0.15) is 17.3 Å². The van der Waals surface area contributed by atoms with Gasteiger partial charge in [-0.05, 0) is 57.2 Å². The molecular weight excluding hydrogens is 507 g/mol. The van der Waals surface area contributed by atoms with Crippen molar-refractivity contribution in [3.63, 3.8) is 0 Å². The number of pyridine rings is 1. The van der Waals surface area contributed by atoms with Crippen LogP contribution in [-0.2, 0) is 10.1 Å². The van der Waals surface area contributed by atoms with E-state index in [2.05, 4.69) is 20.3 Å². The van der Waals surface area contributed by atoms with E-state index < -0.39 is 33.1 Å². The van der Waals surface area contributed by atoms with E-state index in [9.17, 15) is 17.6 Å². The molecule has 2 heterocycles. The molecule has 1 atom stereocenters. The van der Waals surface area contributed by atoms with E-state index >= 15 is 0 Å². The zero-order chi connectivity index (χ0) is 26.0. The molecule has 8 nitrogen and oxygen atoms in total. The molecule has 4 rings (SSSR count). The Morgan fingerprint density at radius 3 is 2.36 bits per heavy atom. The molecule has 0 spiro atoms. The molecule has 0 bridgehead atoms. The van der Waals surface area contributed by atoms with Crippen LogP contribution < -0.4 is 9.50 Å². The Bertz CT molecular complexity index is 1550. The third-order valence-electron chi connectivity index (χ3n) is 5.25. The lowest BCUT2D eigenvalue weighted by Crippen LogP contribution is -2.28. The standard InChI is InChI=1S/C25H22ClFN4O4S/c1-14(2)36(33,34)35-19-11-16(10-17(26)12-19)25(32)29-15(3)23-24(22-9-8-18(27)13-28-22)31-21-7-5-4-6-20(21)30-23/h4-15H,1-3H3,(H,29,32)/t15-/m0/s1. The number of nitrogens with zero attached hydrogens (tertiary/aromatic N) is 3. The minimum Gasteiger partial charge on any atom is -0.382 e. The smallest absolute Gasteiger partial charge is 0.311 e. The molecule has 36 heavy (non-hydrogen) atoms. The molecule has 0 fully saturated rings. The van der Waals surface area contributed by atoms with Gasteiger partial charge in [-0.1, -0.05) is 23.7 Å². The number of aromatic nitrogens is 3. The number of hydrogen-bond acceptors (Lipinski definition) is 7. The summed E-state index contributed by atoms with van der Waals surface area (Å²) >= 11 is 6.12. The summed E-state index contributed by atoms with van der Waals surface area (Å²) in [6.07, 6.45) is 1.08. The Morgan fingerprint density at radius 2 is 1.72 bits per heavy atom. The number of nitrogens with one attached hydrogen (secondary N) is 1. The van der Waals surface area contributed by atoms with Crippen LogP contribution in [0.15, 0.2) is 60.8 Å². The number of fused-ring (bicyclic) bond motifs is 1.